The van der Waals surface area contributed by atoms with Crippen molar-refractivity contribution in [3.8, 4) is 0 Å². The summed E-state index contributed by atoms with van der Waals surface area (Å²) in [6, 6.07) is -1.46. The minimum absolute atomic E-state index is 0.213. The molecule has 0 fully saturated rings. The molecular formula is C9H9BrF3N3O3. The lowest BCUT2D eigenvalue weighted by molar-refractivity contribution is -0.175. The molecule has 0 spiro atoms. The molecule has 1 heterocycles. The number of ether oxygens (including phenoxy) is 1. The molecule has 0 radical (unpaired) electrons. The maximum Gasteiger partial charge on any atom is 0.471 e. The van der Waals surface area contributed by atoms with Crippen molar-refractivity contribution >= 4 is 27.8 Å². The number of esters is 1. The largest absolute Gasteiger partial charge is 0.471 e. The number of carbonyl (C=O) groups is 2. The monoisotopic (exact) mass is 343 g/mol. The molecule has 0 aromatic carbocycles. The van der Waals surface area contributed by atoms with Crippen molar-refractivity contribution in [3.05, 3.63) is 16.6 Å². The zero-order valence-corrected chi connectivity index (χ0v) is 11.1. The fourth-order valence-electron chi connectivity index (χ4n) is 1.23. The van der Waals surface area contributed by atoms with Crippen LogP contribution in [0.4, 0.5) is 13.2 Å². The standard InChI is InChI=1S/C9H9BrF3N3O3/c1-19-7(17)5(16-8(18)9(11,12)13)2-4-6(10)15-3-14-4/h3,5H,2H2,1H3,(H,14,15)(H,16,18). The Morgan fingerprint density at radius 1 is 1.58 bits per heavy atom. The Bertz CT molecular complexity index is 475. The summed E-state index contributed by atoms with van der Waals surface area (Å²) in [4.78, 5) is 28.6. The third-order valence-electron chi connectivity index (χ3n) is 2.12. The summed E-state index contributed by atoms with van der Waals surface area (Å²) in [5.74, 6) is -3.20. The van der Waals surface area contributed by atoms with Crippen molar-refractivity contribution in [3.63, 3.8) is 0 Å². The van der Waals surface area contributed by atoms with Gasteiger partial charge in [0.15, 0.2) is 0 Å². The highest BCUT2D eigenvalue weighted by Crippen LogP contribution is 2.17. The summed E-state index contributed by atoms with van der Waals surface area (Å²) in [6.07, 6.45) is -3.99. The second-order valence-corrected chi connectivity index (χ2v) is 4.17. The first-order valence-corrected chi connectivity index (χ1v) is 5.68. The fraction of sp³-hybridized carbons (Fsp3) is 0.444. The van der Waals surface area contributed by atoms with Crippen LogP contribution in [0.1, 0.15) is 5.69 Å². The molecule has 1 unspecified atom stereocenters. The maximum absolute atomic E-state index is 12.1. The lowest BCUT2D eigenvalue weighted by Gasteiger charge is -2.16. The van der Waals surface area contributed by atoms with Crippen molar-refractivity contribution < 1.29 is 27.5 Å². The van der Waals surface area contributed by atoms with Gasteiger partial charge >= 0.3 is 18.1 Å². The molecule has 10 heteroatoms. The van der Waals surface area contributed by atoms with E-state index in [0.29, 0.717) is 10.3 Å². The number of methoxy groups -OCH3 is 1. The first kappa shape index (κ1) is 15.5. The van der Waals surface area contributed by atoms with Gasteiger partial charge in [-0.25, -0.2) is 9.78 Å². The summed E-state index contributed by atoms with van der Waals surface area (Å²) in [6.45, 7) is 0. The average Bonchev–Trinajstić information content (AvgIpc) is 2.71. The highest BCUT2D eigenvalue weighted by Gasteiger charge is 2.41. The van der Waals surface area contributed by atoms with E-state index in [1.54, 1.807) is 5.32 Å². The SMILES string of the molecule is COC(=O)C(Cc1[nH]cnc1Br)NC(=O)C(F)(F)F. The number of hydrogen-bond donors (Lipinski definition) is 2. The number of nitrogens with zero attached hydrogens (tertiary/aromatic N) is 1. The van der Waals surface area contributed by atoms with Gasteiger partial charge in [-0.15, -0.1) is 0 Å². The number of alkyl halides is 3. The number of carbonyl (C=O) groups excluding carboxylic acids is 2. The van der Waals surface area contributed by atoms with Gasteiger partial charge in [-0.1, -0.05) is 0 Å². The number of nitrogens with one attached hydrogen (secondary N) is 2. The Morgan fingerprint density at radius 3 is 2.63 bits per heavy atom. The zero-order chi connectivity index (χ0) is 14.6. The molecule has 1 atom stereocenters. The van der Waals surface area contributed by atoms with Crippen LogP contribution in [0.3, 0.4) is 0 Å². The van der Waals surface area contributed by atoms with Gasteiger partial charge in [0.1, 0.15) is 10.6 Å². The van der Waals surface area contributed by atoms with Gasteiger partial charge in [0.25, 0.3) is 0 Å². The van der Waals surface area contributed by atoms with Gasteiger partial charge in [-0.05, 0) is 15.9 Å². The smallest absolute Gasteiger partial charge is 0.467 e. The first-order chi connectivity index (χ1) is 8.75. The van der Waals surface area contributed by atoms with E-state index in [9.17, 15) is 22.8 Å². The van der Waals surface area contributed by atoms with Gasteiger partial charge < -0.3 is 15.0 Å². The van der Waals surface area contributed by atoms with E-state index in [2.05, 4.69) is 30.6 Å². The molecule has 1 rings (SSSR count). The Kier molecular flexibility index (Phi) is 4.92. The second kappa shape index (κ2) is 6.04. The molecular weight excluding hydrogens is 335 g/mol. The molecule has 1 aromatic rings. The van der Waals surface area contributed by atoms with E-state index in [1.807, 2.05) is 0 Å². The molecule has 19 heavy (non-hydrogen) atoms. The normalized spacial score (nSPS) is 12.9. The molecule has 0 aliphatic heterocycles. The van der Waals surface area contributed by atoms with E-state index in [4.69, 9.17) is 0 Å². The summed E-state index contributed by atoms with van der Waals surface area (Å²) in [5.41, 5.74) is 0.359. The highest BCUT2D eigenvalue weighted by molar-refractivity contribution is 9.10. The number of imidazole rings is 1. The molecule has 0 aliphatic carbocycles. The molecule has 1 amide bonds. The number of rotatable bonds is 4. The predicted molar refractivity (Wildman–Crippen MR) is 60.0 cm³/mol. The minimum atomic E-state index is -5.07. The summed E-state index contributed by atoms with van der Waals surface area (Å²) < 4.78 is 41.1. The van der Waals surface area contributed by atoms with Crippen molar-refractivity contribution in [2.75, 3.05) is 7.11 Å². The van der Waals surface area contributed by atoms with E-state index in [1.165, 1.54) is 6.33 Å². The van der Waals surface area contributed by atoms with Crippen LogP contribution < -0.4 is 5.32 Å². The number of halogens is 4. The van der Waals surface area contributed by atoms with Gasteiger partial charge in [0, 0.05) is 6.42 Å². The van der Waals surface area contributed by atoms with Crippen LogP contribution in [0.25, 0.3) is 0 Å². The Hall–Kier alpha value is -1.58. The van der Waals surface area contributed by atoms with Crippen LogP contribution in [0.2, 0.25) is 0 Å². The zero-order valence-electron chi connectivity index (χ0n) is 9.55. The average molecular weight is 344 g/mol. The third-order valence-corrected chi connectivity index (χ3v) is 2.81. The predicted octanol–water partition coefficient (Wildman–Crippen LogP) is 0.935. The van der Waals surface area contributed by atoms with Crippen LogP contribution in [-0.4, -0.2) is 41.2 Å². The van der Waals surface area contributed by atoms with Gasteiger partial charge in [0.05, 0.1) is 19.1 Å². The highest BCUT2D eigenvalue weighted by atomic mass is 79.9. The van der Waals surface area contributed by atoms with Crippen LogP contribution in [0, 0.1) is 0 Å². The van der Waals surface area contributed by atoms with Crippen molar-refractivity contribution in [2.24, 2.45) is 0 Å². The second-order valence-electron chi connectivity index (χ2n) is 3.42. The molecule has 1 aromatic heterocycles. The van der Waals surface area contributed by atoms with Crippen LogP contribution in [-0.2, 0) is 20.7 Å². The minimum Gasteiger partial charge on any atom is -0.467 e. The lowest BCUT2D eigenvalue weighted by Crippen LogP contribution is -2.48. The summed E-state index contributed by atoms with van der Waals surface area (Å²) in [7, 11) is 1.01. The first-order valence-electron chi connectivity index (χ1n) is 4.89. The molecule has 106 valence electrons. The quantitative estimate of drug-likeness (QED) is 0.797. The summed E-state index contributed by atoms with van der Waals surface area (Å²) in [5, 5.41) is 1.57. The molecule has 2 N–H and O–H groups in total. The fourth-order valence-corrected chi connectivity index (χ4v) is 1.61. The Balaban J connectivity index is 2.82. The van der Waals surface area contributed by atoms with Crippen LogP contribution in [0.15, 0.2) is 10.9 Å². The Morgan fingerprint density at radius 2 is 2.21 bits per heavy atom. The molecule has 0 saturated heterocycles. The van der Waals surface area contributed by atoms with E-state index >= 15 is 0 Å². The van der Waals surface area contributed by atoms with E-state index < -0.39 is 24.1 Å². The number of hydrogen-bond acceptors (Lipinski definition) is 4. The number of aromatic nitrogens is 2. The van der Waals surface area contributed by atoms with E-state index in [0.717, 1.165) is 7.11 Å². The maximum atomic E-state index is 12.1. The summed E-state index contributed by atoms with van der Waals surface area (Å²) >= 11 is 3.04. The number of H-pyrrole nitrogens is 1. The van der Waals surface area contributed by atoms with Crippen LogP contribution >= 0.6 is 15.9 Å². The topological polar surface area (TPSA) is 84.1 Å². The number of amides is 1. The van der Waals surface area contributed by atoms with E-state index in [-0.39, 0.29) is 6.42 Å². The van der Waals surface area contributed by atoms with Crippen molar-refractivity contribution in [2.45, 2.75) is 18.6 Å². The molecule has 0 bridgehead atoms. The van der Waals surface area contributed by atoms with Gasteiger partial charge in [0.2, 0.25) is 0 Å². The van der Waals surface area contributed by atoms with Gasteiger partial charge in [-0.3, -0.25) is 4.79 Å². The van der Waals surface area contributed by atoms with Crippen molar-refractivity contribution in [1.82, 2.24) is 15.3 Å². The van der Waals surface area contributed by atoms with Crippen molar-refractivity contribution in [1.29, 1.82) is 0 Å². The third kappa shape index (κ3) is 4.23. The number of aromatic amines is 1. The van der Waals surface area contributed by atoms with Crippen LogP contribution in [0.5, 0.6) is 0 Å². The molecule has 0 saturated carbocycles. The lowest BCUT2D eigenvalue weighted by atomic mass is 10.1. The molecule has 6 nitrogen and oxygen atoms in total. The Labute approximate surface area is 113 Å². The molecule has 0 aliphatic rings. The van der Waals surface area contributed by atoms with Gasteiger partial charge in [-0.2, -0.15) is 13.2 Å².